The largest absolute Gasteiger partial charge is 0.437 e. The first-order valence-corrected chi connectivity index (χ1v) is 8.75. The van der Waals surface area contributed by atoms with Gasteiger partial charge in [-0.1, -0.05) is 42.5 Å². The van der Waals surface area contributed by atoms with Crippen LogP contribution >= 0.6 is 0 Å². The maximum absolute atomic E-state index is 9.98. The second-order valence-corrected chi connectivity index (χ2v) is 6.73. The van der Waals surface area contributed by atoms with Crippen LogP contribution in [0.2, 0.25) is 0 Å². The van der Waals surface area contributed by atoms with Crippen LogP contribution in [-0.4, -0.2) is 12.8 Å². The van der Waals surface area contributed by atoms with Crippen LogP contribution in [-0.2, 0) is 4.74 Å². The molecule has 0 N–H and O–H groups in total. The van der Waals surface area contributed by atoms with Gasteiger partial charge in [0.1, 0.15) is 12.3 Å². The van der Waals surface area contributed by atoms with Gasteiger partial charge in [-0.05, 0) is 30.5 Å². The van der Waals surface area contributed by atoms with Crippen molar-refractivity contribution in [3.63, 3.8) is 0 Å². The normalized spacial score (nSPS) is 27.0. The third-order valence-corrected chi connectivity index (χ3v) is 5.39. The number of nitriles is 1. The average Bonchev–Trinajstić information content (AvgIpc) is 3.07. The zero-order valence-corrected chi connectivity index (χ0v) is 13.8. The third-order valence-electron chi connectivity index (χ3n) is 5.39. The van der Waals surface area contributed by atoms with E-state index < -0.39 is 0 Å². The molecule has 0 amide bonds. The Bertz CT molecular complexity index is 884. The summed E-state index contributed by atoms with van der Waals surface area (Å²) >= 11 is 0. The minimum absolute atomic E-state index is 0.0112. The summed E-state index contributed by atoms with van der Waals surface area (Å²) in [4.78, 5) is 2.09. The number of nitrogens with zero attached hydrogens (tertiary/aromatic N) is 2. The lowest BCUT2D eigenvalue weighted by molar-refractivity contribution is -0.0367. The Morgan fingerprint density at radius 1 is 1.04 bits per heavy atom. The van der Waals surface area contributed by atoms with Gasteiger partial charge in [-0.3, -0.25) is 4.90 Å². The van der Waals surface area contributed by atoms with Crippen molar-refractivity contribution >= 4 is 5.69 Å². The average molecular weight is 330 g/mol. The number of hydrogen-bond donors (Lipinski definition) is 0. The summed E-state index contributed by atoms with van der Waals surface area (Å²) in [6.07, 6.45) is 1.98. The molecule has 4 nitrogen and oxygen atoms in total. The van der Waals surface area contributed by atoms with E-state index in [1.165, 1.54) is 0 Å². The Labute approximate surface area is 146 Å². The highest BCUT2D eigenvalue weighted by atomic mass is 16.5. The summed E-state index contributed by atoms with van der Waals surface area (Å²) in [5, 5.41) is 9.98. The molecule has 2 aromatic rings. The fourth-order valence-corrected chi connectivity index (χ4v) is 4.37. The SMILES string of the molecule is N#CC1=C2Oc3ccccc3N2[C@H]2OCCC[C@H]2[C@@H]1c1ccccc1. The molecule has 3 atom stereocenters. The molecule has 0 radical (unpaired) electrons. The molecule has 0 spiro atoms. The molecule has 3 aliphatic rings. The number of allylic oxidation sites excluding steroid dienone is 1. The van der Waals surface area contributed by atoms with Crippen molar-refractivity contribution in [2.75, 3.05) is 11.5 Å². The van der Waals surface area contributed by atoms with Gasteiger partial charge < -0.3 is 9.47 Å². The highest BCUT2D eigenvalue weighted by Gasteiger charge is 2.49. The molecule has 124 valence electrons. The Morgan fingerprint density at radius 3 is 2.68 bits per heavy atom. The second-order valence-electron chi connectivity index (χ2n) is 6.73. The van der Waals surface area contributed by atoms with Crippen LogP contribution in [0.3, 0.4) is 0 Å². The maximum Gasteiger partial charge on any atom is 0.217 e. The summed E-state index contributed by atoms with van der Waals surface area (Å²) in [7, 11) is 0. The molecule has 5 rings (SSSR count). The molecule has 0 aromatic heterocycles. The van der Waals surface area contributed by atoms with E-state index in [2.05, 4.69) is 23.1 Å². The molecule has 4 heteroatoms. The van der Waals surface area contributed by atoms with Crippen LogP contribution in [0, 0.1) is 17.2 Å². The fourth-order valence-electron chi connectivity index (χ4n) is 4.37. The van der Waals surface area contributed by atoms with Crippen LogP contribution in [0.5, 0.6) is 5.75 Å². The first-order valence-electron chi connectivity index (χ1n) is 8.75. The van der Waals surface area contributed by atoms with Crippen molar-refractivity contribution in [2.24, 2.45) is 5.92 Å². The zero-order valence-electron chi connectivity index (χ0n) is 13.8. The van der Waals surface area contributed by atoms with Crippen molar-refractivity contribution < 1.29 is 9.47 Å². The molecular weight excluding hydrogens is 312 g/mol. The standard InChI is InChI=1S/C21H18N2O2/c22-13-16-19(14-7-2-1-3-8-14)15-9-6-12-24-20(15)23-17-10-4-5-11-18(17)25-21(16)23/h1-5,7-8,10-11,15,19-20H,6,9,12H2/t15-,19-,20-/m0/s1. The summed E-state index contributed by atoms with van der Waals surface area (Å²) < 4.78 is 12.3. The zero-order chi connectivity index (χ0) is 16.8. The summed E-state index contributed by atoms with van der Waals surface area (Å²) in [6.45, 7) is 0.747. The Kier molecular flexibility index (Phi) is 3.29. The van der Waals surface area contributed by atoms with Gasteiger partial charge in [0.15, 0.2) is 5.75 Å². The highest BCUT2D eigenvalue weighted by Crippen LogP contribution is 2.52. The molecular formula is C21H18N2O2. The predicted molar refractivity (Wildman–Crippen MR) is 93.8 cm³/mol. The van der Waals surface area contributed by atoms with Gasteiger partial charge in [0, 0.05) is 18.4 Å². The van der Waals surface area contributed by atoms with Crippen LogP contribution in [0.15, 0.2) is 66.1 Å². The fraction of sp³-hybridized carbons (Fsp3) is 0.286. The Balaban J connectivity index is 1.72. The van der Waals surface area contributed by atoms with Crippen molar-refractivity contribution in [1.82, 2.24) is 0 Å². The smallest absolute Gasteiger partial charge is 0.217 e. The molecule has 1 saturated heterocycles. The Hall–Kier alpha value is -2.77. The van der Waals surface area contributed by atoms with Gasteiger partial charge >= 0.3 is 0 Å². The van der Waals surface area contributed by atoms with Gasteiger partial charge in [-0.2, -0.15) is 5.26 Å². The van der Waals surface area contributed by atoms with E-state index in [4.69, 9.17) is 9.47 Å². The van der Waals surface area contributed by atoms with E-state index in [0.29, 0.717) is 11.5 Å². The van der Waals surface area contributed by atoms with E-state index in [1.807, 2.05) is 42.5 Å². The van der Waals surface area contributed by atoms with Crippen LogP contribution in [0.25, 0.3) is 0 Å². The summed E-state index contributed by atoms with van der Waals surface area (Å²) in [5.41, 5.74) is 2.86. The number of ether oxygens (including phenoxy) is 2. The van der Waals surface area contributed by atoms with Crippen molar-refractivity contribution in [1.29, 1.82) is 5.26 Å². The maximum atomic E-state index is 9.98. The second kappa shape index (κ2) is 5.65. The van der Waals surface area contributed by atoms with Gasteiger partial charge in [0.2, 0.25) is 5.88 Å². The third kappa shape index (κ3) is 2.09. The number of hydrogen-bond acceptors (Lipinski definition) is 4. The molecule has 0 aliphatic carbocycles. The lowest BCUT2D eigenvalue weighted by Crippen LogP contribution is -2.50. The molecule has 2 aromatic carbocycles. The van der Waals surface area contributed by atoms with E-state index in [1.54, 1.807) is 0 Å². The van der Waals surface area contributed by atoms with E-state index in [0.717, 1.165) is 36.4 Å². The van der Waals surface area contributed by atoms with Crippen molar-refractivity contribution in [3.05, 3.63) is 71.6 Å². The molecule has 1 fully saturated rings. The molecule has 3 aliphatic heterocycles. The molecule has 0 bridgehead atoms. The number of anilines is 1. The van der Waals surface area contributed by atoms with Crippen LogP contribution in [0.1, 0.15) is 24.3 Å². The van der Waals surface area contributed by atoms with E-state index in [-0.39, 0.29) is 18.1 Å². The van der Waals surface area contributed by atoms with Crippen molar-refractivity contribution in [2.45, 2.75) is 25.0 Å². The number of fused-ring (bicyclic) bond motifs is 5. The minimum atomic E-state index is -0.0882. The Morgan fingerprint density at radius 2 is 1.84 bits per heavy atom. The molecule has 3 heterocycles. The topological polar surface area (TPSA) is 45.5 Å². The van der Waals surface area contributed by atoms with Gasteiger partial charge in [0.25, 0.3) is 0 Å². The number of rotatable bonds is 1. The number of para-hydroxylation sites is 2. The molecule has 0 saturated carbocycles. The summed E-state index contributed by atoms with van der Waals surface area (Å²) in [5.74, 6) is 1.69. The van der Waals surface area contributed by atoms with Crippen molar-refractivity contribution in [3.8, 4) is 11.8 Å². The monoisotopic (exact) mass is 330 g/mol. The van der Waals surface area contributed by atoms with Gasteiger partial charge in [0.05, 0.1) is 11.3 Å². The van der Waals surface area contributed by atoms with Gasteiger partial charge in [-0.15, -0.1) is 0 Å². The first kappa shape index (κ1) is 14.6. The van der Waals surface area contributed by atoms with Crippen LogP contribution in [0.4, 0.5) is 5.69 Å². The lowest BCUT2D eigenvalue weighted by Gasteiger charge is -2.45. The first-order chi connectivity index (χ1) is 12.4. The molecule has 0 unspecified atom stereocenters. The summed E-state index contributed by atoms with van der Waals surface area (Å²) in [6, 6.07) is 20.7. The quantitative estimate of drug-likeness (QED) is 0.787. The van der Waals surface area contributed by atoms with Crippen LogP contribution < -0.4 is 9.64 Å². The predicted octanol–water partition coefficient (Wildman–Crippen LogP) is 4.17. The number of benzene rings is 2. The van der Waals surface area contributed by atoms with Gasteiger partial charge in [-0.25, -0.2) is 0 Å². The lowest BCUT2D eigenvalue weighted by atomic mass is 9.74. The van der Waals surface area contributed by atoms with E-state index >= 15 is 0 Å². The molecule has 25 heavy (non-hydrogen) atoms. The van der Waals surface area contributed by atoms with E-state index in [9.17, 15) is 5.26 Å². The minimum Gasteiger partial charge on any atom is -0.437 e. The highest BCUT2D eigenvalue weighted by molar-refractivity contribution is 5.70.